The highest BCUT2D eigenvalue weighted by molar-refractivity contribution is 7.41. The predicted octanol–water partition coefficient (Wildman–Crippen LogP) is 0.0391. The summed E-state index contributed by atoms with van der Waals surface area (Å²) in [4.78, 5) is 29.1. The van der Waals surface area contributed by atoms with Crippen molar-refractivity contribution in [1.82, 2.24) is 0 Å². The Bertz CT molecular complexity index is 220. The zero-order chi connectivity index (χ0) is 9.94. The number of hydrogen-bond acceptors (Lipinski definition) is 3. The first-order chi connectivity index (χ1) is 5.30. The molecule has 3 N–H and O–H groups in total. The molecule has 0 aliphatic rings. The molecule has 12 heavy (non-hydrogen) atoms. The van der Waals surface area contributed by atoms with E-state index in [0.717, 1.165) is 6.92 Å². The molecule has 68 valence electrons. The second-order valence-electron chi connectivity index (χ2n) is 2.42. The highest BCUT2D eigenvalue weighted by Crippen LogP contribution is 2.38. The third kappa shape index (κ3) is 2.25. The molecule has 6 nitrogen and oxygen atoms in total. The lowest BCUT2D eigenvalue weighted by atomic mass is 10.1. The average Bonchev–Trinajstić information content (AvgIpc) is 1.84. The summed E-state index contributed by atoms with van der Waals surface area (Å²) in [6, 6.07) is 0. The van der Waals surface area contributed by atoms with Crippen LogP contribution >= 0.6 is 8.03 Å². The maximum Gasteiger partial charge on any atom is 0.524 e. The normalized spacial score (nSPS) is 16.3. The van der Waals surface area contributed by atoms with E-state index in [2.05, 4.69) is 0 Å². The second kappa shape index (κ2) is 3.60. The number of carbonyl (C=O) groups is 2. The van der Waals surface area contributed by atoms with Crippen molar-refractivity contribution in [2.75, 3.05) is 0 Å². The van der Waals surface area contributed by atoms with Gasteiger partial charge in [-0.3, -0.25) is 4.79 Å². The van der Waals surface area contributed by atoms with Crippen molar-refractivity contribution in [2.45, 2.75) is 18.5 Å². The minimum atomic E-state index is -3.05. The van der Waals surface area contributed by atoms with E-state index in [1.165, 1.54) is 0 Å². The fourth-order valence-corrected chi connectivity index (χ4v) is 0.954. The quantitative estimate of drug-likeness (QED) is 0.546. The lowest BCUT2D eigenvalue weighted by Crippen LogP contribution is -2.33. The van der Waals surface area contributed by atoms with Gasteiger partial charge in [-0.1, -0.05) is 0 Å². The summed E-state index contributed by atoms with van der Waals surface area (Å²) in [5, 5.41) is 14.6. The molecule has 7 heteroatoms. The van der Waals surface area contributed by atoms with Crippen LogP contribution in [0.1, 0.15) is 13.3 Å². The lowest BCUT2D eigenvalue weighted by molar-refractivity contribution is -0.146. The van der Waals surface area contributed by atoms with Crippen molar-refractivity contribution in [2.24, 2.45) is 0 Å². The van der Waals surface area contributed by atoms with Crippen LogP contribution in [0.2, 0.25) is 0 Å². The van der Waals surface area contributed by atoms with Crippen molar-refractivity contribution >= 4 is 20.0 Å². The molecule has 0 spiro atoms. The molecule has 0 aromatic carbocycles. The van der Waals surface area contributed by atoms with Crippen LogP contribution < -0.4 is 0 Å². The van der Waals surface area contributed by atoms with Crippen molar-refractivity contribution in [3.63, 3.8) is 0 Å². The molecule has 0 heterocycles. The van der Waals surface area contributed by atoms with E-state index < -0.39 is 31.5 Å². The number of hydrogen-bond donors (Lipinski definition) is 3. The summed E-state index contributed by atoms with van der Waals surface area (Å²) in [7, 11) is -3.05. The number of rotatable bonds is 4. The van der Waals surface area contributed by atoms with Gasteiger partial charge in [-0.05, 0) is 4.57 Å². The first kappa shape index (κ1) is 11.0. The Morgan fingerprint density at radius 1 is 1.42 bits per heavy atom. The van der Waals surface area contributed by atoms with Gasteiger partial charge in [0, 0.05) is 6.92 Å². The van der Waals surface area contributed by atoms with Crippen LogP contribution in [0, 0.1) is 0 Å². The van der Waals surface area contributed by atoms with E-state index in [4.69, 9.17) is 15.1 Å². The Kier molecular flexibility index (Phi) is 3.30. The van der Waals surface area contributed by atoms with E-state index in [1.807, 2.05) is 0 Å². The molecule has 0 bridgehead atoms. The smallest absolute Gasteiger partial charge is 0.481 e. The van der Waals surface area contributed by atoms with Crippen molar-refractivity contribution < 1.29 is 29.3 Å². The van der Waals surface area contributed by atoms with Gasteiger partial charge in [0.25, 0.3) is 5.16 Å². The van der Waals surface area contributed by atoms with Crippen molar-refractivity contribution in [1.29, 1.82) is 0 Å². The topological polar surface area (TPSA) is 112 Å². The number of carboxylic acids is 2. The SMILES string of the molecule is CC(CC(=O)O)(C(=O)O)[P+](=O)O. The van der Waals surface area contributed by atoms with Crippen LogP contribution in [0.25, 0.3) is 0 Å². The first-order valence-corrected chi connectivity index (χ1v) is 4.13. The van der Waals surface area contributed by atoms with E-state index in [1.54, 1.807) is 0 Å². The zero-order valence-corrected chi connectivity index (χ0v) is 7.12. The maximum absolute atomic E-state index is 10.5. The Morgan fingerprint density at radius 2 is 1.83 bits per heavy atom. The van der Waals surface area contributed by atoms with Crippen LogP contribution in [0.3, 0.4) is 0 Å². The molecule has 2 unspecified atom stereocenters. The fraction of sp³-hybridized carbons (Fsp3) is 0.600. The Balaban J connectivity index is 4.75. The third-order valence-corrected chi connectivity index (χ3v) is 2.57. The molecule has 0 aromatic rings. The standard InChI is InChI=1S/C5H7O6P/c1-5(4(8)9,12(10)11)2-3(6)7/h2H2,1H3,(H2-,6,7,8,9,10,11)/p+1. The molecule has 2 atom stereocenters. The summed E-state index contributed by atoms with van der Waals surface area (Å²) in [6.45, 7) is 0.919. The summed E-state index contributed by atoms with van der Waals surface area (Å²) < 4.78 is 10.5. The van der Waals surface area contributed by atoms with Gasteiger partial charge in [0.15, 0.2) is 0 Å². The number of carboxylic acid groups (broad SMARTS) is 2. The van der Waals surface area contributed by atoms with Crippen LogP contribution in [0.4, 0.5) is 0 Å². The number of aliphatic carboxylic acids is 2. The predicted molar refractivity (Wildman–Crippen MR) is 38.1 cm³/mol. The molecule has 0 aromatic heterocycles. The van der Waals surface area contributed by atoms with Gasteiger partial charge in [0.2, 0.25) is 0 Å². The van der Waals surface area contributed by atoms with Gasteiger partial charge in [-0.25, -0.2) is 4.79 Å². The molecular weight excluding hydrogens is 187 g/mol. The summed E-state index contributed by atoms with van der Waals surface area (Å²) in [5.74, 6) is -3.01. The zero-order valence-electron chi connectivity index (χ0n) is 6.22. The molecular formula is C5H8O6P+. The van der Waals surface area contributed by atoms with E-state index in [9.17, 15) is 14.2 Å². The monoisotopic (exact) mass is 195 g/mol. The van der Waals surface area contributed by atoms with Gasteiger partial charge in [-0.15, -0.1) is 0 Å². The van der Waals surface area contributed by atoms with Crippen LogP contribution in [0.15, 0.2) is 0 Å². The molecule has 0 fully saturated rings. The third-order valence-electron chi connectivity index (χ3n) is 1.38. The fourth-order valence-electron chi connectivity index (χ4n) is 0.520. The summed E-state index contributed by atoms with van der Waals surface area (Å²) in [5.41, 5.74) is 0. The molecule has 0 radical (unpaired) electrons. The van der Waals surface area contributed by atoms with Gasteiger partial charge in [-0.2, -0.15) is 4.89 Å². The highest BCUT2D eigenvalue weighted by atomic mass is 31.1. The van der Waals surface area contributed by atoms with E-state index in [0.29, 0.717) is 0 Å². The molecule has 0 saturated carbocycles. The van der Waals surface area contributed by atoms with E-state index >= 15 is 0 Å². The Morgan fingerprint density at radius 3 is 1.92 bits per heavy atom. The van der Waals surface area contributed by atoms with Crippen LogP contribution in [-0.4, -0.2) is 32.2 Å². The highest BCUT2D eigenvalue weighted by Gasteiger charge is 2.54. The molecule has 0 aliphatic heterocycles. The summed E-state index contributed by atoms with van der Waals surface area (Å²) >= 11 is 0. The minimum absolute atomic E-state index is 0.867. The van der Waals surface area contributed by atoms with Gasteiger partial charge in [0.1, 0.15) is 6.42 Å². The average molecular weight is 195 g/mol. The molecule has 0 saturated heterocycles. The van der Waals surface area contributed by atoms with E-state index in [-0.39, 0.29) is 0 Å². The second-order valence-corrected chi connectivity index (χ2v) is 3.96. The van der Waals surface area contributed by atoms with Crippen molar-refractivity contribution in [3.8, 4) is 0 Å². The Labute approximate surface area is 68.7 Å². The minimum Gasteiger partial charge on any atom is -0.481 e. The maximum atomic E-state index is 10.5. The van der Waals surface area contributed by atoms with Crippen LogP contribution in [0.5, 0.6) is 0 Å². The molecule has 0 aliphatic carbocycles. The van der Waals surface area contributed by atoms with Gasteiger partial charge >= 0.3 is 20.0 Å². The van der Waals surface area contributed by atoms with Gasteiger partial charge < -0.3 is 10.2 Å². The van der Waals surface area contributed by atoms with Crippen molar-refractivity contribution in [3.05, 3.63) is 0 Å². The molecule has 0 rings (SSSR count). The van der Waals surface area contributed by atoms with Gasteiger partial charge in [0.05, 0.1) is 0 Å². The first-order valence-electron chi connectivity index (χ1n) is 2.92. The molecule has 0 amide bonds. The largest absolute Gasteiger partial charge is 0.524 e. The van der Waals surface area contributed by atoms with Crippen LogP contribution in [-0.2, 0) is 14.2 Å². The Hall–Kier alpha value is -1.00. The summed E-state index contributed by atoms with van der Waals surface area (Å²) in [6.07, 6.45) is -0.867. The lowest BCUT2D eigenvalue weighted by Gasteiger charge is -2.06.